The number of carbonyl (C=O) groups excluding carboxylic acids is 1. The number of halogens is 2. The standard InChI is InChI=1S/C15H6Br2N2O2/c16-7-2-4-12-10(5-7)13(20)14-18-11-6-8(17)1-3-9(11)15(21)19(12)14/h1-6H. The summed E-state index contributed by atoms with van der Waals surface area (Å²) in [5.74, 6) is -0.0658. The SMILES string of the molecule is O=C1c2cc(Br)ccc2-n2c1nc1cc(Br)ccc1c2=O. The third-order valence-electron chi connectivity index (χ3n) is 3.48. The van der Waals surface area contributed by atoms with E-state index < -0.39 is 0 Å². The highest BCUT2D eigenvalue weighted by Crippen LogP contribution is 2.29. The molecule has 0 spiro atoms. The monoisotopic (exact) mass is 404 g/mol. The van der Waals surface area contributed by atoms with E-state index in [0.717, 1.165) is 8.95 Å². The van der Waals surface area contributed by atoms with E-state index in [9.17, 15) is 9.59 Å². The van der Waals surface area contributed by atoms with Crippen molar-refractivity contribution < 1.29 is 4.79 Å². The average Bonchev–Trinajstić information content (AvgIpc) is 2.72. The van der Waals surface area contributed by atoms with Crippen molar-refractivity contribution in [1.29, 1.82) is 0 Å². The van der Waals surface area contributed by atoms with Gasteiger partial charge in [0.25, 0.3) is 5.56 Å². The number of aromatic nitrogens is 2. The van der Waals surface area contributed by atoms with E-state index in [1.807, 2.05) is 0 Å². The van der Waals surface area contributed by atoms with Crippen LogP contribution in [0.15, 0.2) is 50.1 Å². The van der Waals surface area contributed by atoms with Crippen LogP contribution in [0.4, 0.5) is 0 Å². The molecule has 3 aromatic rings. The van der Waals surface area contributed by atoms with Gasteiger partial charge in [0.05, 0.1) is 22.2 Å². The molecular weight excluding hydrogens is 400 g/mol. The lowest BCUT2D eigenvalue weighted by Crippen LogP contribution is -2.21. The molecular formula is C15H6Br2N2O2. The Labute approximate surface area is 135 Å². The number of nitrogens with zero attached hydrogens (tertiary/aromatic N) is 2. The van der Waals surface area contributed by atoms with Gasteiger partial charge >= 0.3 is 0 Å². The maximum Gasteiger partial charge on any atom is 0.266 e. The quantitative estimate of drug-likeness (QED) is 0.450. The van der Waals surface area contributed by atoms with Crippen LogP contribution in [0, 0.1) is 0 Å². The zero-order chi connectivity index (χ0) is 14.7. The highest BCUT2D eigenvalue weighted by atomic mass is 79.9. The van der Waals surface area contributed by atoms with Gasteiger partial charge in [0.15, 0.2) is 5.82 Å². The first-order valence-corrected chi connectivity index (χ1v) is 7.72. The van der Waals surface area contributed by atoms with Crippen LogP contribution in [0.2, 0.25) is 0 Å². The van der Waals surface area contributed by atoms with Gasteiger partial charge in [0.2, 0.25) is 5.78 Å². The number of ketones is 1. The molecule has 0 bridgehead atoms. The van der Waals surface area contributed by atoms with Crippen LogP contribution >= 0.6 is 31.9 Å². The van der Waals surface area contributed by atoms with Crippen LogP contribution in [0.1, 0.15) is 16.2 Å². The lowest BCUT2D eigenvalue weighted by atomic mass is 10.1. The Bertz CT molecular complexity index is 1010. The highest BCUT2D eigenvalue weighted by Gasteiger charge is 2.30. The number of carbonyl (C=O) groups is 1. The van der Waals surface area contributed by atoms with Crippen molar-refractivity contribution in [2.45, 2.75) is 0 Å². The molecule has 21 heavy (non-hydrogen) atoms. The lowest BCUT2D eigenvalue weighted by molar-refractivity contribution is 0.103. The van der Waals surface area contributed by atoms with Gasteiger partial charge in [-0.05, 0) is 36.4 Å². The Hall–Kier alpha value is -1.79. The topological polar surface area (TPSA) is 52.0 Å². The van der Waals surface area contributed by atoms with Crippen molar-refractivity contribution in [3.63, 3.8) is 0 Å². The number of benzene rings is 2. The maximum absolute atomic E-state index is 12.7. The Morgan fingerprint density at radius 3 is 2.48 bits per heavy atom. The molecule has 4 nitrogen and oxygen atoms in total. The van der Waals surface area contributed by atoms with Gasteiger partial charge in [-0.15, -0.1) is 0 Å². The van der Waals surface area contributed by atoms with E-state index in [-0.39, 0.29) is 17.2 Å². The predicted octanol–water partition coefficient (Wildman–Crippen LogP) is 3.46. The minimum Gasteiger partial charge on any atom is -0.285 e. The summed E-state index contributed by atoms with van der Waals surface area (Å²) in [6, 6.07) is 10.5. The zero-order valence-corrected chi connectivity index (χ0v) is 13.6. The smallest absolute Gasteiger partial charge is 0.266 e. The molecule has 1 aliphatic heterocycles. The first kappa shape index (κ1) is 12.9. The Morgan fingerprint density at radius 1 is 0.952 bits per heavy atom. The highest BCUT2D eigenvalue weighted by molar-refractivity contribution is 9.10. The van der Waals surface area contributed by atoms with Crippen LogP contribution in [-0.4, -0.2) is 15.3 Å². The fraction of sp³-hybridized carbons (Fsp3) is 0. The molecule has 4 rings (SSSR count). The largest absolute Gasteiger partial charge is 0.285 e. The van der Waals surface area contributed by atoms with Gasteiger partial charge in [-0.3, -0.25) is 14.2 Å². The minimum absolute atomic E-state index is 0.165. The van der Waals surface area contributed by atoms with Crippen LogP contribution in [-0.2, 0) is 0 Å². The van der Waals surface area contributed by atoms with Crippen LogP contribution in [0.3, 0.4) is 0 Å². The molecule has 0 saturated carbocycles. The molecule has 102 valence electrons. The van der Waals surface area contributed by atoms with Gasteiger partial charge < -0.3 is 0 Å². The minimum atomic E-state index is -0.231. The number of hydrogen-bond donors (Lipinski definition) is 0. The molecule has 0 fully saturated rings. The third kappa shape index (κ3) is 1.76. The normalized spacial score (nSPS) is 12.6. The fourth-order valence-corrected chi connectivity index (χ4v) is 3.25. The molecule has 0 radical (unpaired) electrons. The van der Waals surface area contributed by atoms with Gasteiger partial charge in [-0.2, -0.15) is 0 Å². The fourth-order valence-electron chi connectivity index (χ4n) is 2.54. The second-order valence-electron chi connectivity index (χ2n) is 4.73. The molecule has 2 aromatic carbocycles. The molecule has 2 heterocycles. The summed E-state index contributed by atoms with van der Waals surface area (Å²) >= 11 is 6.69. The van der Waals surface area contributed by atoms with E-state index >= 15 is 0 Å². The van der Waals surface area contributed by atoms with E-state index in [1.165, 1.54) is 4.57 Å². The molecule has 0 amide bonds. The van der Waals surface area contributed by atoms with Crippen molar-refractivity contribution in [3.8, 4) is 5.69 Å². The van der Waals surface area contributed by atoms with Gasteiger partial charge in [0, 0.05) is 8.95 Å². The van der Waals surface area contributed by atoms with E-state index in [0.29, 0.717) is 22.2 Å². The van der Waals surface area contributed by atoms with Crippen LogP contribution in [0.25, 0.3) is 16.6 Å². The Kier molecular flexibility index (Phi) is 2.68. The van der Waals surface area contributed by atoms with Crippen molar-refractivity contribution >= 4 is 48.5 Å². The Morgan fingerprint density at radius 2 is 1.67 bits per heavy atom. The average molecular weight is 406 g/mol. The first-order chi connectivity index (χ1) is 10.1. The van der Waals surface area contributed by atoms with Crippen molar-refractivity contribution in [1.82, 2.24) is 9.55 Å². The van der Waals surface area contributed by atoms with E-state index in [1.54, 1.807) is 36.4 Å². The number of fused-ring (bicyclic) bond motifs is 4. The molecule has 6 heteroatoms. The van der Waals surface area contributed by atoms with Gasteiger partial charge in [-0.25, -0.2) is 4.98 Å². The number of rotatable bonds is 0. The second-order valence-corrected chi connectivity index (χ2v) is 6.56. The molecule has 0 unspecified atom stereocenters. The third-order valence-corrected chi connectivity index (χ3v) is 4.47. The second kappa shape index (κ2) is 4.35. The van der Waals surface area contributed by atoms with Gasteiger partial charge in [0.1, 0.15) is 0 Å². The van der Waals surface area contributed by atoms with Crippen LogP contribution < -0.4 is 5.56 Å². The molecule has 0 saturated heterocycles. The zero-order valence-electron chi connectivity index (χ0n) is 10.4. The van der Waals surface area contributed by atoms with Gasteiger partial charge in [-0.1, -0.05) is 31.9 Å². The van der Waals surface area contributed by atoms with Crippen molar-refractivity contribution in [3.05, 3.63) is 67.1 Å². The summed E-state index contributed by atoms with van der Waals surface area (Å²) in [6.45, 7) is 0. The summed E-state index contributed by atoms with van der Waals surface area (Å²) in [6.07, 6.45) is 0. The molecule has 1 aromatic heterocycles. The molecule has 1 aliphatic rings. The lowest BCUT2D eigenvalue weighted by Gasteiger charge is -2.05. The first-order valence-electron chi connectivity index (χ1n) is 6.13. The molecule has 0 atom stereocenters. The summed E-state index contributed by atoms with van der Waals surface area (Å²) in [5, 5.41) is 0.491. The van der Waals surface area contributed by atoms with Crippen molar-refractivity contribution in [2.24, 2.45) is 0 Å². The molecule has 0 aliphatic carbocycles. The maximum atomic E-state index is 12.7. The van der Waals surface area contributed by atoms with Crippen LogP contribution in [0.5, 0.6) is 0 Å². The van der Waals surface area contributed by atoms with Crippen molar-refractivity contribution in [2.75, 3.05) is 0 Å². The summed E-state index contributed by atoms with van der Waals surface area (Å²) < 4.78 is 3.00. The Balaban J connectivity index is 2.17. The summed E-state index contributed by atoms with van der Waals surface area (Å²) in [4.78, 5) is 29.5. The summed E-state index contributed by atoms with van der Waals surface area (Å²) in [5.41, 5.74) is 1.36. The van der Waals surface area contributed by atoms with E-state index in [4.69, 9.17) is 0 Å². The molecule has 0 N–H and O–H groups in total. The number of hydrogen-bond acceptors (Lipinski definition) is 3. The summed E-state index contributed by atoms with van der Waals surface area (Å²) in [7, 11) is 0. The van der Waals surface area contributed by atoms with E-state index in [2.05, 4.69) is 36.8 Å². The predicted molar refractivity (Wildman–Crippen MR) is 86.2 cm³/mol.